The molecule has 0 saturated heterocycles. The van der Waals surface area contributed by atoms with Crippen molar-refractivity contribution in [3.05, 3.63) is 63.6 Å². The third-order valence-corrected chi connectivity index (χ3v) is 4.42. The molecule has 1 heterocycles. The molecular weight excluding hydrogens is 276 g/mol. The molecule has 0 amide bonds. The lowest BCUT2D eigenvalue weighted by molar-refractivity contribution is 1.06. The maximum absolute atomic E-state index is 6.28. The predicted octanol–water partition coefficient (Wildman–Crippen LogP) is 4.00. The van der Waals surface area contributed by atoms with Gasteiger partial charge >= 0.3 is 0 Å². The lowest BCUT2D eigenvalue weighted by Crippen LogP contribution is -1.97. The third kappa shape index (κ3) is 2.63. The summed E-state index contributed by atoms with van der Waals surface area (Å²) in [7, 11) is 0. The molecule has 3 rings (SSSR count). The van der Waals surface area contributed by atoms with Crippen molar-refractivity contribution in [2.24, 2.45) is 5.73 Å². The maximum atomic E-state index is 6.28. The molecule has 2 aromatic carbocycles. The SMILES string of the molecule is NCc1ccc(Cc2nc3ccccc3s2)c(Cl)c1. The second-order valence-electron chi connectivity index (χ2n) is 4.38. The highest BCUT2D eigenvalue weighted by atomic mass is 35.5. The molecule has 0 atom stereocenters. The van der Waals surface area contributed by atoms with E-state index in [0.29, 0.717) is 6.54 Å². The number of fused-ring (bicyclic) bond motifs is 1. The Morgan fingerprint density at radius 1 is 1.16 bits per heavy atom. The summed E-state index contributed by atoms with van der Waals surface area (Å²) in [5, 5.41) is 1.85. The zero-order valence-corrected chi connectivity index (χ0v) is 11.8. The first-order valence-corrected chi connectivity index (χ1v) is 7.27. The fourth-order valence-corrected chi connectivity index (χ4v) is 3.28. The van der Waals surface area contributed by atoms with Gasteiger partial charge in [-0.25, -0.2) is 4.98 Å². The number of hydrogen-bond donors (Lipinski definition) is 1. The van der Waals surface area contributed by atoms with E-state index in [-0.39, 0.29) is 0 Å². The van der Waals surface area contributed by atoms with E-state index >= 15 is 0 Å². The van der Waals surface area contributed by atoms with Crippen LogP contribution in [0.15, 0.2) is 42.5 Å². The molecule has 19 heavy (non-hydrogen) atoms. The molecule has 0 spiro atoms. The number of hydrogen-bond acceptors (Lipinski definition) is 3. The molecule has 0 fully saturated rings. The van der Waals surface area contributed by atoms with E-state index in [1.54, 1.807) is 11.3 Å². The van der Waals surface area contributed by atoms with Crippen molar-refractivity contribution >= 4 is 33.2 Å². The highest BCUT2D eigenvalue weighted by molar-refractivity contribution is 7.18. The Labute approximate surface area is 120 Å². The van der Waals surface area contributed by atoms with Gasteiger partial charge in [0, 0.05) is 18.0 Å². The normalized spacial score (nSPS) is 11.1. The van der Waals surface area contributed by atoms with Gasteiger partial charge in [-0.1, -0.05) is 35.9 Å². The zero-order valence-electron chi connectivity index (χ0n) is 10.3. The Balaban J connectivity index is 1.92. The van der Waals surface area contributed by atoms with E-state index in [4.69, 9.17) is 17.3 Å². The van der Waals surface area contributed by atoms with Crippen LogP contribution in [0.25, 0.3) is 10.2 Å². The molecule has 0 radical (unpaired) electrons. The number of halogens is 1. The first-order chi connectivity index (χ1) is 9.26. The molecule has 2 nitrogen and oxygen atoms in total. The number of para-hydroxylation sites is 1. The van der Waals surface area contributed by atoms with Gasteiger partial charge in [-0.15, -0.1) is 11.3 Å². The molecule has 0 saturated carbocycles. The first kappa shape index (κ1) is 12.6. The monoisotopic (exact) mass is 288 g/mol. The van der Waals surface area contributed by atoms with Crippen molar-refractivity contribution in [2.45, 2.75) is 13.0 Å². The zero-order chi connectivity index (χ0) is 13.2. The molecular formula is C15H13ClN2S. The van der Waals surface area contributed by atoms with E-state index in [9.17, 15) is 0 Å². The summed E-state index contributed by atoms with van der Waals surface area (Å²) in [5.41, 5.74) is 8.81. The van der Waals surface area contributed by atoms with Crippen molar-refractivity contribution < 1.29 is 0 Å². The molecule has 2 N–H and O–H groups in total. The van der Waals surface area contributed by atoms with E-state index in [2.05, 4.69) is 11.1 Å². The van der Waals surface area contributed by atoms with Gasteiger partial charge in [0.1, 0.15) is 0 Å². The standard InChI is InChI=1S/C15H13ClN2S/c16-12-7-10(9-17)5-6-11(12)8-15-18-13-3-1-2-4-14(13)19-15/h1-7H,8-9,17H2. The van der Waals surface area contributed by atoms with E-state index in [1.165, 1.54) is 4.70 Å². The number of benzene rings is 2. The molecule has 3 aromatic rings. The fraction of sp³-hybridized carbons (Fsp3) is 0.133. The quantitative estimate of drug-likeness (QED) is 0.791. The molecule has 0 unspecified atom stereocenters. The van der Waals surface area contributed by atoms with Crippen LogP contribution >= 0.6 is 22.9 Å². The van der Waals surface area contributed by atoms with Crippen molar-refractivity contribution in [2.75, 3.05) is 0 Å². The average Bonchev–Trinajstić information content (AvgIpc) is 2.83. The van der Waals surface area contributed by atoms with Crippen LogP contribution in [0.3, 0.4) is 0 Å². The van der Waals surface area contributed by atoms with Gasteiger partial charge in [-0.2, -0.15) is 0 Å². The van der Waals surface area contributed by atoms with Crippen LogP contribution in [-0.2, 0) is 13.0 Å². The molecule has 0 aliphatic heterocycles. The lowest BCUT2D eigenvalue weighted by atomic mass is 10.1. The maximum Gasteiger partial charge on any atom is 0.0982 e. The van der Waals surface area contributed by atoms with Gasteiger partial charge in [0.05, 0.1) is 15.2 Å². The highest BCUT2D eigenvalue weighted by Crippen LogP contribution is 2.26. The summed E-state index contributed by atoms with van der Waals surface area (Å²) >= 11 is 7.99. The van der Waals surface area contributed by atoms with Crippen molar-refractivity contribution in [3.63, 3.8) is 0 Å². The molecule has 0 aliphatic rings. The Morgan fingerprint density at radius 2 is 2.00 bits per heavy atom. The summed E-state index contributed by atoms with van der Waals surface area (Å²) in [6.45, 7) is 0.515. The van der Waals surface area contributed by atoms with Crippen LogP contribution in [0.4, 0.5) is 0 Å². The van der Waals surface area contributed by atoms with Crippen LogP contribution in [0, 0.1) is 0 Å². The minimum atomic E-state index is 0.515. The fourth-order valence-electron chi connectivity index (χ4n) is 2.02. The lowest BCUT2D eigenvalue weighted by Gasteiger charge is -2.04. The van der Waals surface area contributed by atoms with Crippen LogP contribution in [-0.4, -0.2) is 4.98 Å². The van der Waals surface area contributed by atoms with Gasteiger partial charge in [0.15, 0.2) is 0 Å². The predicted molar refractivity (Wildman–Crippen MR) is 81.8 cm³/mol. The minimum Gasteiger partial charge on any atom is -0.326 e. The van der Waals surface area contributed by atoms with Crippen molar-refractivity contribution in [1.29, 1.82) is 0 Å². The largest absolute Gasteiger partial charge is 0.326 e. The second-order valence-corrected chi connectivity index (χ2v) is 5.90. The topological polar surface area (TPSA) is 38.9 Å². The van der Waals surface area contributed by atoms with Crippen LogP contribution in [0.2, 0.25) is 5.02 Å². The first-order valence-electron chi connectivity index (χ1n) is 6.08. The Morgan fingerprint density at radius 3 is 2.74 bits per heavy atom. The van der Waals surface area contributed by atoms with Gasteiger partial charge in [0.25, 0.3) is 0 Å². The van der Waals surface area contributed by atoms with Crippen LogP contribution < -0.4 is 5.73 Å². The van der Waals surface area contributed by atoms with Crippen molar-refractivity contribution in [1.82, 2.24) is 4.98 Å². The average molecular weight is 289 g/mol. The number of nitrogens with zero attached hydrogens (tertiary/aromatic N) is 1. The van der Waals surface area contributed by atoms with Crippen LogP contribution in [0.5, 0.6) is 0 Å². The summed E-state index contributed by atoms with van der Waals surface area (Å²) in [5.74, 6) is 0. The number of thiazole rings is 1. The van der Waals surface area contributed by atoms with Crippen molar-refractivity contribution in [3.8, 4) is 0 Å². The smallest absolute Gasteiger partial charge is 0.0982 e. The van der Waals surface area contributed by atoms with E-state index < -0.39 is 0 Å². The third-order valence-electron chi connectivity index (χ3n) is 3.03. The summed E-state index contributed by atoms with van der Waals surface area (Å²) in [6, 6.07) is 14.2. The second kappa shape index (κ2) is 5.29. The molecule has 1 aromatic heterocycles. The van der Waals surface area contributed by atoms with Gasteiger partial charge in [-0.3, -0.25) is 0 Å². The number of nitrogens with two attached hydrogens (primary N) is 1. The number of aromatic nitrogens is 1. The number of rotatable bonds is 3. The van der Waals surface area contributed by atoms with Gasteiger partial charge in [0.2, 0.25) is 0 Å². The molecule has 4 heteroatoms. The molecule has 0 aliphatic carbocycles. The van der Waals surface area contributed by atoms with E-state index in [0.717, 1.165) is 33.1 Å². The summed E-state index contributed by atoms with van der Waals surface area (Å²) in [6.07, 6.45) is 0.767. The summed E-state index contributed by atoms with van der Waals surface area (Å²) in [4.78, 5) is 4.63. The molecule has 96 valence electrons. The Hall–Kier alpha value is -1.42. The Kier molecular flexibility index (Phi) is 3.51. The van der Waals surface area contributed by atoms with E-state index in [1.807, 2.05) is 36.4 Å². The van der Waals surface area contributed by atoms with Gasteiger partial charge in [-0.05, 0) is 29.3 Å². The van der Waals surface area contributed by atoms with Crippen LogP contribution in [0.1, 0.15) is 16.1 Å². The Bertz CT molecular complexity index is 688. The van der Waals surface area contributed by atoms with Gasteiger partial charge < -0.3 is 5.73 Å². The highest BCUT2D eigenvalue weighted by Gasteiger charge is 2.07. The summed E-state index contributed by atoms with van der Waals surface area (Å²) < 4.78 is 1.22. The molecule has 0 bridgehead atoms. The minimum absolute atomic E-state index is 0.515.